The minimum atomic E-state index is 0.0177. The first-order valence-corrected chi connectivity index (χ1v) is 13.0. The zero-order valence-electron chi connectivity index (χ0n) is 20.6. The molecule has 2 fully saturated rings. The second-order valence-electron chi connectivity index (χ2n) is 9.98. The number of aromatic nitrogens is 1. The van der Waals surface area contributed by atoms with Crippen molar-refractivity contribution in [2.24, 2.45) is 0 Å². The van der Waals surface area contributed by atoms with Crippen LogP contribution in [0, 0.1) is 0 Å². The summed E-state index contributed by atoms with van der Waals surface area (Å²) in [6.45, 7) is 8.09. The van der Waals surface area contributed by atoms with E-state index in [9.17, 15) is 4.79 Å². The minimum absolute atomic E-state index is 0.0177. The van der Waals surface area contributed by atoms with Gasteiger partial charge in [0.05, 0.1) is 11.3 Å². The number of ether oxygens (including phenoxy) is 2. The first kappa shape index (κ1) is 23.2. The highest BCUT2D eigenvalue weighted by atomic mass is 16.5. The summed E-state index contributed by atoms with van der Waals surface area (Å²) >= 11 is 0. The van der Waals surface area contributed by atoms with Gasteiger partial charge in [-0.05, 0) is 88.3 Å². The molecule has 182 valence electrons. The van der Waals surface area contributed by atoms with Gasteiger partial charge in [0.15, 0.2) is 0 Å². The topological polar surface area (TPSA) is 54.9 Å². The van der Waals surface area contributed by atoms with Gasteiger partial charge in [-0.15, -0.1) is 0 Å². The molecule has 1 aliphatic carbocycles. The van der Waals surface area contributed by atoms with E-state index in [2.05, 4.69) is 22.0 Å². The molecule has 6 nitrogen and oxygen atoms in total. The number of aryl methyl sites for hydroxylation is 1. The Bertz CT molecular complexity index is 990. The van der Waals surface area contributed by atoms with E-state index < -0.39 is 0 Å². The number of pyridine rings is 1. The molecule has 34 heavy (non-hydrogen) atoms. The quantitative estimate of drug-likeness (QED) is 0.587. The van der Waals surface area contributed by atoms with Crippen LogP contribution in [0.3, 0.4) is 0 Å². The molecule has 2 aromatic rings. The van der Waals surface area contributed by atoms with Crippen LogP contribution in [0.15, 0.2) is 36.5 Å². The monoisotopic (exact) mass is 463 g/mol. The Balaban J connectivity index is 1.16. The lowest BCUT2D eigenvalue weighted by molar-refractivity contribution is -0.0337. The Hall–Kier alpha value is -2.60. The van der Waals surface area contributed by atoms with Gasteiger partial charge in [-0.3, -0.25) is 9.78 Å². The van der Waals surface area contributed by atoms with Crippen molar-refractivity contribution in [3.63, 3.8) is 0 Å². The molecule has 1 saturated heterocycles. The number of carbonyl (C=O) groups excluding carboxylic acids is 1. The van der Waals surface area contributed by atoms with E-state index in [1.807, 2.05) is 32.0 Å². The summed E-state index contributed by atoms with van der Waals surface area (Å²) in [7, 11) is 0. The molecule has 0 N–H and O–H groups in total. The molecule has 1 aromatic carbocycles. The zero-order chi connectivity index (χ0) is 23.5. The summed E-state index contributed by atoms with van der Waals surface area (Å²) in [6.07, 6.45) is 10.2. The van der Waals surface area contributed by atoms with Gasteiger partial charge in [0.1, 0.15) is 23.7 Å². The number of nitrogens with zero attached hydrogens (tertiary/aromatic N) is 3. The molecule has 1 amide bonds. The van der Waals surface area contributed by atoms with Gasteiger partial charge >= 0.3 is 0 Å². The van der Waals surface area contributed by atoms with E-state index in [0.29, 0.717) is 25.3 Å². The maximum absolute atomic E-state index is 12.4. The van der Waals surface area contributed by atoms with Crippen molar-refractivity contribution in [3.8, 4) is 11.5 Å². The average molecular weight is 464 g/mol. The highest BCUT2D eigenvalue weighted by molar-refractivity contribution is 5.93. The number of carbonyl (C=O) groups is 1. The summed E-state index contributed by atoms with van der Waals surface area (Å²) in [6, 6.07) is 10.7. The fourth-order valence-corrected chi connectivity index (χ4v) is 5.47. The molecular weight excluding hydrogens is 426 g/mol. The number of hydrogen-bond donors (Lipinski definition) is 0. The highest BCUT2D eigenvalue weighted by Gasteiger charge is 2.41. The number of hydrogen-bond acceptors (Lipinski definition) is 5. The van der Waals surface area contributed by atoms with Gasteiger partial charge < -0.3 is 19.3 Å². The van der Waals surface area contributed by atoms with Crippen LogP contribution in [0.1, 0.15) is 74.0 Å². The Kier molecular flexibility index (Phi) is 6.77. The second-order valence-corrected chi connectivity index (χ2v) is 9.98. The van der Waals surface area contributed by atoms with Gasteiger partial charge in [-0.25, -0.2) is 0 Å². The fraction of sp³-hybridized carbons (Fsp3) is 0.571. The number of piperidine rings is 1. The SMILES string of the molecule is CCN(CC)C(=O)c1ccc(COc2ccc3c(c2)CCC2(CCN(C4CCC4)CC2)O3)nc1. The third-order valence-electron chi connectivity index (χ3n) is 8.02. The summed E-state index contributed by atoms with van der Waals surface area (Å²) in [4.78, 5) is 21.4. The van der Waals surface area contributed by atoms with Gasteiger partial charge in [-0.1, -0.05) is 6.42 Å². The molecule has 3 heterocycles. The first-order chi connectivity index (χ1) is 16.6. The van der Waals surface area contributed by atoms with Crippen molar-refractivity contribution in [1.29, 1.82) is 0 Å². The summed E-state index contributed by atoms with van der Waals surface area (Å²) < 4.78 is 12.6. The normalized spacial score (nSPS) is 19.7. The first-order valence-electron chi connectivity index (χ1n) is 13.0. The fourth-order valence-electron chi connectivity index (χ4n) is 5.47. The van der Waals surface area contributed by atoms with Crippen molar-refractivity contribution in [3.05, 3.63) is 53.3 Å². The highest BCUT2D eigenvalue weighted by Crippen LogP contribution is 2.41. The van der Waals surface area contributed by atoms with Gasteiger partial charge in [-0.2, -0.15) is 0 Å². The molecule has 2 aliphatic heterocycles. The molecule has 1 spiro atoms. The van der Waals surface area contributed by atoms with Crippen molar-refractivity contribution in [1.82, 2.24) is 14.8 Å². The molecule has 3 aliphatic rings. The minimum Gasteiger partial charge on any atom is -0.487 e. The molecule has 0 atom stereocenters. The lowest BCUT2D eigenvalue weighted by Gasteiger charge is -2.48. The number of benzene rings is 1. The predicted molar refractivity (Wildman–Crippen MR) is 132 cm³/mol. The summed E-state index contributed by atoms with van der Waals surface area (Å²) in [5.41, 5.74) is 2.68. The Morgan fingerprint density at radius 2 is 1.94 bits per heavy atom. The Morgan fingerprint density at radius 3 is 2.59 bits per heavy atom. The van der Waals surface area contributed by atoms with Crippen LogP contribution in [0.2, 0.25) is 0 Å². The van der Waals surface area contributed by atoms with E-state index in [-0.39, 0.29) is 11.5 Å². The maximum atomic E-state index is 12.4. The maximum Gasteiger partial charge on any atom is 0.255 e. The second kappa shape index (κ2) is 9.95. The zero-order valence-corrected chi connectivity index (χ0v) is 20.6. The van der Waals surface area contributed by atoms with E-state index in [1.54, 1.807) is 11.1 Å². The van der Waals surface area contributed by atoms with Crippen molar-refractivity contribution in [2.45, 2.75) is 77.0 Å². The lowest BCUT2D eigenvalue weighted by atomic mass is 9.81. The van der Waals surface area contributed by atoms with Crippen LogP contribution < -0.4 is 9.47 Å². The Labute approximate surface area is 203 Å². The van der Waals surface area contributed by atoms with E-state index in [0.717, 1.165) is 48.9 Å². The van der Waals surface area contributed by atoms with Crippen molar-refractivity contribution >= 4 is 5.91 Å². The third kappa shape index (κ3) is 4.78. The number of amides is 1. The molecule has 5 rings (SSSR count). The van der Waals surface area contributed by atoms with Gasteiger partial charge in [0, 0.05) is 38.4 Å². The van der Waals surface area contributed by atoms with Gasteiger partial charge in [0.25, 0.3) is 5.91 Å². The molecule has 1 saturated carbocycles. The molecule has 0 radical (unpaired) electrons. The predicted octanol–water partition coefficient (Wildman–Crippen LogP) is 4.85. The van der Waals surface area contributed by atoms with Gasteiger partial charge in [0.2, 0.25) is 0 Å². The van der Waals surface area contributed by atoms with E-state index in [4.69, 9.17) is 9.47 Å². The van der Waals surface area contributed by atoms with Crippen molar-refractivity contribution < 1.29 is 14.3 Å². The number of fused-ring (bicyclic) bond motifs is 1. The molecular formula is C28H37N3O3. The molecule has 6 heteroatoms. The Morgan fingerprint density at radius 1 is 1.15 bits per heavy atom. The van der Waals surface area contributed by atoms with E-state index in [1.165, 1.54) is 37.9 Å². The number of rotatable bonds is 7. The number of likely N-dealkylation sites (tertiary alicyclic amines) is 1. The smallest absolute Gasteiger partial charge is 0.255 e. The van der Waals surface area contributed by atoms with Crippen LogP contribution in [0.4, 0.5) is 0 Å². The molecule has 0 bridgehead atoms. The van der Waals surface area contributed by atoms with E-state index >= 15 is 0 Å². The lowest BCUT2D eigenvalue weighted by Crippen LogP contribution is -2.53. The van der Waals surface area contributed by atoms with Crippen LogP contribution in [0.25, 0.3) is 0 Å². The van der Waals surface area contributed by atoms with Crippen molar-refractivity contribution in [2.75, 3.05) is 26.2 Å². The third-order valence-corrected chi connectivity index (χ3v) is 8.02. The van der Waals surface area contributed by atoms with Crippen LogP contribution in [-0.4, -0.2) is 58.5 Å². The van der Waals surface area contributed by atoms with Crippen LogP contribution in [-0.2, 0) is 13.0 Å². The average Bonchev–Trinajstić information content (AvgIpc) is 2.84. The largest absolute Gasteiger partial charge is 0.487 e. The molecule has 1 aromatic heterocycles. The summed E-state index contributed by atoms with van der Waals surface area (Å²) in [5.74, 6) is 1.88. The molecule has 0 unspecified atom stereocenters. The van der Waals surface area contributed by atoms with Crippen LogP contribution in [0.5, 0.6) is 11.5 Å². The standard InChI is InChI=1S/C28H37N3O3/c1-3-30(4-2)27(32)22-8-9-23(29-19-22)20-33-25-10-11-26-21(18-25)12-13-28(34-26)14-16-31(17-15-28)24-6-5-7-24/h8-11,18-19,24H,3-7,12-17,20H2,1-2H3. The summed E-state index contributed by atoms with van der Waals surface area (Å²) in [5, 5.41) is 0. The van der Waals surface area contributed by atoms with Crippen LogP contribution >= 0.6 is 0 Å².